The zero-order valence-electron chi connectivity index (χ0n) is 13.3. The van der Waals surface area contributed by atoms with Crippen LogP contribution in [0, 0.1) is 0 Å². The number of carbonyl (C=O) groups is 1. The zero-order valence-corrected chi connectivity index (χ0v) is 15.3. The molecule has 0 saturated heterocycles. The van der Waals surface area contributed by atoms with E-state index in [0.717, 1.165) is 12.8 Å². The van der Waals surface area contributed by atoms with E-state index in [1.807, 2.05) is 0 Å². The van der Waals surface area contributed by atoms with E-state index >= 15 is 0 Å². The molecule has 2 N–H and O–H groups in total. The Kier molecular flexibility index (Phi) is 19.8. The van der Waals surface area contributed by atoms with Gasteiger partial charge in [0.05, 0.1) is 13.2 Å². The van der Waals surface area contributed by atoms with Gasteiger partial charge >= 0.3 is 35.5 Å². The first-order chi connectivity index (χ1) is 9.24. The van der Waals surface area contributed by atoms with Crippen molar-refractivity contribution in [2.75, 3.05) is 13.2 Å². The number of unbranched alkanes of at least 4 members (excludes halogenated alkanes) is 8. The van der Waals surface area contributed by atoms with Crippen LogP contribution in [0.2, 0.25) is 0 Å². The van der Waals surface area contributed by atoms with Crippen molar-refractivity contribution in [2.24, 2.45) is 0 Å². The molecule has 0 spiro atoms. The van der Waals surface area contributed by atoms with E-state index < -0.39 is 6.10 Å². The summed E-state index contributed by atoms with van der Waals surface area (Å²) in [4.78, 5) is 11.3. The number of aliphatic hydroxyl groups excluding tert-OH is 2. The SMILES string of the molecule is CCCCCCCCCCCC(=O)OC(CO)CO.[Na+]. The minimum atomic E-state index is -0.758. The second kappa shape index (κ2) is 17.4. The molecule has 0 radical (unpaired) electrons. The average molecular weight is 297 g/mol. The molecule has 5 heteroatoms. The predicted octanol–water partition coefficient (Wildman–Crippen LogP) is -0.192. The molecule has 0 rings (SSSR count). The number of ether oxygens (including phenoxy) is 1. The molecule has 0 aliphatic heterocycles. The largest absolute Gasteiger partial charge is 1.00 e. The Morgan fingerprint density at radius 3 is 1.80 bits per heavy atom. The Balaban J connectivity index is 0. The van der Waals surface area contributed by atoms with Gasteiger partial charge in [-0.05, 0) is 6.42 Å². The number of carbonyl (C=O) groups excluding carboxylic acids is 1. The van der Waals surface area contributed by atoms with Gasteiger partial charge in [-0.3, -0.25) is 4.79 Å². The molecule has 0 bridgehead atoms. The standard InChI is InChI=1S/C15H30O4.Na/c1-2-3-4-5-6-7-8-9-10-11-15(18)19-14(12-16)13-17;/h14,16-17H,2-13H2,1H3;/q;+1. The molecule has 0 aromatic heterocycles. The van der Waals surface area contributed by atoms with E-state index in [9.17, 15) is 4.79 Å². The fourth-order valence-electron chi connectivity index (χ4n) is 1.96. The molecule has 0 amide bonds. The van der Waals surface area contributed by atoms with E-state index in [1.165, 1.54) is 44.9 Å². The zero-order chi connectivity index (χ0) is 14.3. The van der Waals surface area contributed by atoms with Crippen LogP contribution >= 0.6 is 0 Å². The van der Waals surface area contributed by atoms with E-state index in [1.54, 1.807) is 0 Å². The fourth-order valence-corrected chi connectivity index (χ4v) is 1.96. The van der Waals surface area contributed by atoms with Crippen molar-refractivity contribution in [3.63, 3.8) is 0 Å². The van der Waals surface area contributed by atoms with Gasteiger partial charge < -0.3 is 14.9 Å². The molecule has 0 aliphatic carbocycles. The second-order valence-corrected chi connectivity index (χ2v) is 5.06. The molecule has 0 aromatic rings. The summed E-state index contributed by atoms with van der Waals surface area (Å²) in [5, 5.41) is 17.5. The summed E-state index contributed by atoms with van der Waals surface area (Å²) < 4.78 is 4.88. The summed E-state index contributed by atoms with van der Waals surface area (Å²) >= 11 is 0. The Labute approximate surface area is 145 Å². The normalized spacial score (nSPS) is 10.4. The molecule has 114 valence electrons. The minimum absolute atomic E-state index is 0. The van der Waals surface area contributed by atoms with Crippen molar-refractivity contribution in [1.29, 1.82) is 0 Å². The smallest absolute Gasteiger partial charge is 0.457 e. The Morgan fingerprint density at radius 2 is 1.35 bits per heavy atom. The number of hydrogen-bond acceptors (Lipinski definition) is 4. The molecule has 0 heterocycles. The van der Waals surface area contributed by atoms with Crippen LogP contribution in [0.5, 0.6) is 0 Å². The first-order valence-corrected chi connectivity index (χ1v) is 7.65. The van der Waals surface area contributed by atoms with Gasteiger partial charge in [0.2, 0.25) is 0 Å². The van der Waals surface area contributed by atoms with Crippen LogP contribution in [0.1, 0.15) is 71.1 Å². The monoisotopic (exact) mass is 297 g/mol. The van der Waals surface area contributed by atoms with Gasteiger partial charge in [-0.2, -0.15) is 0 Å². The van der Waals surface area contributed by atoms with Crippen LogP contribution in [0.4, 0.5) is 0 Å². The Hall–Kier alpha value is 0.390. The van der Waals surface area contributed by atoms with Crippen molar-refractivity contribution >= 4 is 5.97 Å². The van der Waals surface area contributed by atoms with Crippen LogP contribution < -0.4 is 29.6 Å². The summed E-state index contributed by atoms with van der Waals surface area (Å²) in [5.74, 6) is -0.323. The van der Waals surface area contributed by atoms with Crippen LogP contribution in [0.3, 0.4) is 0 Å². The van der Waals surface area contributed by atoms with Crippen LogP contribution in [-0.2, 0) is 9.53 Å². The Bertz CT molecular complexity index is 208. The fraction of sp³-hybridized carbons (Fsp3) is 0.933. The number of aliphatic hydroxyl groups is 2. The average Bonchev–Trinajstić information content (AvgIpc) is 2.43. The molecule has 4 nitrogen and oxygen atoms in total. The van der Waals surface area contributed by atoms with E-state index in [0.29, 0.717) is 6.42 Å². The molecule has 0 unspecified atom stereocenters. The molecular weight excluding hydrogens is 267 g/mol. The molecule has 20 heavy (non-hydrogen) atoms. The van der Waals surface area contributed by atoms with Crippen molar-refractivity contribution < 1.29 is 49.3 Å². The summed E-state index contributed by atoms with van der Waals surface area (Å²) in [6.45, 7) is 1.58. The van der Waals surface area contributed by atoms with Gasteiger partial charge in [0.15, 0.2) is 0 Å². The van der Waals surface area contributed by atoms with E-state index in [-0.39, 0.29) is 48.7 Å². The minimum Gasteiger partial charge on any atom is -0.457 e. The van der Waals surface area contributed by atoms with Gasteiger partial charge in [-0.15, -0.1) is 0 Å². The van der Waals surface area contributed by atoms with Gasteiger partial charge in [0.1, 0.15) is 6.10 Å². The topological polar surface area (TPSA) is 66.8 Å². The van der Waals surface area contributed by atoms with Gasteiger partial charge in [0, 0.05) is 6.42 Å². The van der Waals surface area contributed by atoms with Crippen molar-refractivity contribution in [3.8, 4) is 0 Å². The maximum absolute atomic E-state index is 11.3. The van der Waals surface area contributed by atoms with Crippen molar-refractivity contribution in [1.82, 2.24) is 0 Å². The quantitative estimate of drug-likeness (QED) is 0.281. The summed E-state index contributed by atoms with van der Waals surface area (Å²) in [7, 11) is 0. The van der Waals surface area contributed by atoms with Crippen LogP contribution in [0.25, 0.3) is 0 Å². The van der Waals surface area contributed by atoms with Crippen LogP contribution in [0.15, 0.2) is 0 Å². The molecule has 0 saturated carbocycles. The first kappa shape index (κ1) is 22.7. The maximum atomic E-state index is 11.3. The summed E-state index contributed by atoms with van der Waals surface area (Å²) in [5.41, 5.74) is 0. The third-order valence-electron chi connectivity index (χ3n) is 3.19. The molecular formula is C15H30NaO4+. The second-order valence-electron chi connectivity index (χ2n) is 5.06. The third kappa shape index (κ3) is 14.8. The third-order valence-corrected chi connectivity index (χ3v) is 3.19. The summed E-state index contributed by atoms with van der Waals surface area (Å²) in [6, 6.07) is 0. The van der Waals surface area contributed by atoms with Crippen molar-refractivity contribution in [2.45, 2.75) is 77.2 Å². The van der Waals surface area contributed by atoms with Gasteiger partial charge in [0.25, 0.3) is 0 Å². The van der Waals surface area contributed by atoms with Crippen LogP contribution in [-0.4, -0.2) is 35.5 Å². The number of rotatable bonds is 13. The predicted molar refractivity (Wildman–Crippen MR) is 75.9 cm³/mol. The number of hydrogen-bond donors (Lipinski definition) is 2. The van der Waals surface area contributed by atoms with E-state index in [4.69, 9.17) is 14.9 Å². The molecule has 0 aliphatic rings. The number of esters is 1. The van der Waals surface area contributed by atoms with Crippen molar-refractivity contribution in [3.05, 3.63) is 0 Å². The Morgan fingerprint density at radius 1 is 0.900 bits per heavy atom. The maximum Gasteiger partial charge on any atom is 1.00 e. The van der Waals surface area contributed by atoms with Gasteiger partial charge in [-0.1, -0.05) is 58.3 Å². The molecule has 0 atom stereocenters. The molecule has 0 fully saturated rings. The first-order valence-electron chi connectivity index (χ1n) is 7.65. The van der Waals surface area contributed by atoms with E-state index in [2.05, 4.69) is 6.92 Å². The summed E-state index contributed by atoms with van der Waals surface area (Å²) in [6.07, 6.45) is 10.5. The molecule has 0 aromatic carbocycles. The van der Waals surface area contributed by atoms with Gasteiger partial charge in [-0.25, -0.2) is 0 Å².